The first-order chi connectivity index (χ1) is 14.0. The van der Waals surface area contributed by atoms with E-state index in [9.17, 15) is 13.2 Å². The second-order valence-electron chi connectivity index (χ2n) is 6.81. The van der Waals surface area contributed by atoms with Gasteiger partial charge in [0.2, 0.25) is 0 Å². The molecule has 0 saturated carbocycles. The molecule has 0 bridgehead atoms. The van der Waals surface area contributed by atoms with Crippen molar-refractivity contribution < 1.29 is 13.2 Å². The number of amides is 1. The molecule has 6 heteroatoms. The highest BCUT2D eigenvalue weighted by Gasteiger charge is 2.18. The third-order valence-corrected chi connectivity index (χ3v) is 5.90. The van der Waals surface area contributed by atoms with Crippen molar-refractivity contribution >= 4 is 21.6 Å². The second kappa shape index (κ2) is 9.39. The van der Waals surface area contributed by atoms with E-state index in [1.165, 1.54) is 5.56 Å². The van der Waals surface area contributed by atoms with Crippen molar-refractivity contribution in [3.63, 3.8) is 0 Å². The molecule has 29 heavy (non-hydrogen) atoms. The smallest absolute Gasteiger partial charge is 0.261 e. The molecule has 2 N–H and O–H groups in total. The lowest BCUT2D eigenvalue weighted by molar-refractivity contribution is 0.0954. The minimum atomic E-state index is -3.78. The van der Waals surface area contributed by atoms with Gasteiger partial charge in [0, 0.05) is 6.54 Å². The summed E-state index contributed by atoms with van der Waals surface area (Å²) in [6.07, 6.45) is 1.66. The summed E-state index contributed by atoms with van der Waals surface area (Å²) >= 11 is 0. The van der Waals surface area contributed by atoms with Gasteiger partial charge in [-0.3, -0.25) is 9.52 Å². The molecule has 0 unspecified atom stereocenters. The first-order valence-corrected chi connectivity index (χ1v) is 10.9. The molecule has 0 aromatic heterocycles. The minimum Gasteiger partial charge on any atom is -0.352 e. The molecule has 3 aromatic rings. The number of hydrogen-bond donors (Lipinski definition) is 2. The summed E-state index contributed by atoms with van der Waals surface area (Å²) in [6, 6.07) is 23.2. The van der Waals surface area contributed by atoms with Crippen LogP contribution in [0.4, 0.5) is 5.69 Å². The van der Waals surface area contributed by atoms with E-state index < -0.39 is 10.0 Å². The predicted octanol–water partition coefficient (Wildman–Crippen LogP) is 4.16. The van der Waals surface area contributed by atoms with Crippen molar-refractivity contribution in [2.75, 3.05) is 11.3 Å². The zero-order valence-electron chi connectivity index (χ0n) is 16.3. The lowest BCUT2D eigenvalue weighted by Crippen LogP contribution is -2.26. The van der Waals surface area contributed by atoms with Crippen molar-refractivity contribution in [2.45, 2.75) is 24.7 Å². The number of hydrogen-bond acceptors (Lipinski definition) is 3. The highest BCUT2D eigenvalue weighted by atomic mass is 32.2. The van der Waals surface area contributed by atoms with Gasteiger partial charge in [-0.15, -0.1) is 0 Å². The number of sulfonamides is 1. The summed E-state index contributed by atoms with van der Waals surface area (Å²) in [5, 5.41) is 2.87. The van der Waals surface area contributed by atoms with Crippen LogP contribution < -0.4 is 10.0 Å². The maximum atomic E-state index is 12.7. The Kier molecular flexibility index (Phi) is 6.67. The van der Waals surface area contributed by atoms with E-state index in [1.807, 2.05) is 25.1 Å². The number of rotatable bonds is 8. The monoisotopic (exact) mass is 408 g/mol. The molecule has 0 heterocycles. The Hall–Kier alpha value is -3.12. The van der Waals surface area contributed by atoms with E-state index in [1.54, 1.807) is 48.5 Å². The molecule has 0 atom stereocenters. The van der Waals surface area contributed by atoms with Gasteiger partial charge in [-0.25, -0.2) is 8.42 Å². The number of carbonyl (C=O) groups is 1. The number of carbonyl (C=O) groups excluding carboxylic acids is 1. The number of anilines is 1. The molecule has 3 rings (SSSR count). The molecule has 150 valence electrons. The van der Waals surface area contributed by atoms with Crippen LogP contribution in [0.5, 0.6) is 0 Å². The minimum absolute atomic E-state index is 0.154. The largest absolute Gasteiger partial charge is 0.352 e. The quantitative estimate of drug-likeness (QED) is 0.550. The van der Waals surface area contributed by atoms with E-state index in [0.717, 1.165) is 18.4 Å². The molecular weight excluding hydrogens is 384 g/mol. The SMILES string of the molecule is Cc1ccc(S(=O)(=O)Nc2ccccc2C(=O)NCCCc2ccccc2)cc1. The molecule has 3 aromatic carbocycles. The van der Waals surface area contributed by atoms with Gasteiger partial charge in [-0.2, -0.15) is 0 Å². The predicted molar refractivity (Wildman–Crippen MR) is 116 cm³/mol. The number of nitrogens with one attached hydrogen (secondary N) is 2. The summed E-state index contributed by atoms with van der Waals surface area (Å²) in [6.45, 7) is 2.40. The maximum Gasteiger partial charge on any atom is 0.261 e. The van der Waals surface area contributed by atoms with Gasteiger partial charge in [0.15, 0.2) is 0 Å². The Balaban J connectivity index is 1.65. The van der Waals surface area contributed by atoms with Gasteiger partial charge >= 0.3 is 0 Å². The molecular formula is C23H24N2O3S. The average molecular weight is 409 g/mol. The van der Waals surface area contributed by atoms with Gasteiger partial charge in [-0.1, -0.05) is 60.2 Å². The van der Waals surface area contributed by atoms with Crippen LogP contribution in [0.3, 0.4) is 0 Å². The van der Waals surface area contributed by atoms with Gasteiger partial charge in [0.25, 0.3) is 15.9 Å². The topological polar surface area (TPSA) is 75.3 Å². The summed E-state index contributed by atoms with van der Waals surface area (Å²) in [5.41, 5.74) is 2.74. The zero-order chi connectivity index (χ0) is 20.7. The molecule has 0 spiro atoms. The number of benzene rings is 3. The summed E-state index contributed by atoms with van der Waals surface area (Å²) < 4.78 is 27.9. The number of aryl methyl sites for hydroxylation is 2. The first-order valence-electron chi connectivity index (χ1n) is 9.46. The fourth-order valence-electron chi connectivity index (χ4n) is 2.93. The van der Waals surface area contributed by atoms with Crippen LogP contribution in [-0.2, 0) is 16.4 Å². The molecule has 0 aliphatic rings. The van der Waals surface area contributed by atoms with E-state index in [4.69, 9.17) is 0 Å². The molecule has 0 aliphatic heterocycles. The van der Waals surface area contributed by atoms with Crippen molar-refractivity contribution in [3.8, 4) is 0 Å². The third kappa shape index (κ3) is 5.68. The molecule has 0 fully saturated rings. The van der Waals surface area contributed by atoms with Crippen LogP contribution in [0.1, 0.15) is 27.9 Å². The Labute approximate surface area is 171 Å². The van der Waals surface area contributed by atoms with Gasteiger partial charge < -0.3 is 5.32 Å². The second-order valence-corrected chi connectivity index (χ2v) is 8.49. The molecule has 0 saturated heterocycles. The number of para-hydroxylation sites is 1. The highest BCUT2D eigenvalue weighted by Crippen LogP contribution is 2.20. The fraction of sp³-hybridized carbons (Fsp3) is 0.174. The Morgan fingerprint density at radius 1 is 0.862 bits per heavy atom. The molecule has 1 amide bonds. The maximum absolute atomic E-state index is 12.7. The van der Waals surface area contributed by atoms with Crippen LogP contribution in [-0.4, -0.2) is 20.9 Å². The van der Waals surface area contributed by atoms with Gasteiger partial charge in [0.1, 0.15) is 0 Å². The zero-order valence-corrected chi connectivity index (χ0v) is 17.1. The highest BCUT2D eigenvalue weighted by molar-refractivity contribution is 7.92. The van der Waals surface area contributed by atoms with E-state index in [0.29, 0.717) is 12.1 Å². The average Bonchev–Trinajstić information content (AvgIpc) is 2.72. The van der Waals surface area contributed by atoms with Crippen LogP contribution >= 0.6 is 0 Å². The summed E-state index contributed by atoms with van der Waals surface area (Å²) in [4.78, 5) is 12.8. The Morgan fingerprint density at radius 2 is 1.52 bits per heavy atom. The van der Waals surface area contributed by atoms with Crippen LogP contribution in [0, 0.1) is 6.92 Å². The van der Waals surface area contributed by atoms with Crippen molar-refractivity contribution in [1.29, 1.82) is 0 Å². The molecule has 0 aliphatic carbocycles. The van der Waals surface area contributed by atoms with Crippen molar-refractivity contribution in [2.24, 2.45) is 0 Å². The Bertz CT molecular complexity index is 1060. The van der Waals surface area contributed by atoms with Crippen LogP contribution in [0.25, 0.3) is 0 Å². The lowest BCUT2D eigenvalue weighted by atomic mass is 10.1. The van der Waals surface area contributed by atoms with Gasteiger partial charge in [-0.05, 0) is 49.6 Å². The third-order valence-electron chi connectivity index (χ3n) is 4.52. The van der Waals surface area contributed by atoms with Crippen LogP contribution in [0.2, 0.25) is 0 Å². The van der Waals surface area contributed by atoms with Crippen LogP contribution in [0.15, 0.2) is 83.8 Å². The van der Waals surface area contributed by atoms with Crippen molar-refractivity contribution in [1.82, 2.24) is 5.32 Å². The normalized spacial score (nSPS) is 11.1. The van der Waals surface area contributed by atoms with E-state index in [-0.39, 0.29) is 16.5 Å². The first kappa shape index (κ1) is 20.6. The van der Waals surface area contributed by atoms with Gasteiger partial charge in [0.05, 0.1) is 16.1 Å². The summed E-state index contributed by atoms with van der Waals surface area (Å²) in [5.74, 6) is -0.305. The Morgan fingerprint density at radius 3 is 2.24 bits per heavy atom. The van der Waals surface area contributed by atoms with E-state index >= 15 is 0 Å². The lowest BCUT2D eigenvalue weighted by Gasteiger charge is -2.13. The fourth-order valence-corrected chi connectivity index (χ4v) is 4.01. The van der Waals surface area contributed by atoms with Crippen molar-refractivity contribution in [3.05, 3.63) is 95.6 Å². The molecule has 5 nitrogen and oxygen atoms in total. The summed E-state index contributed by atoms with van der Waals surface area (Å²) in [7, 11) is -3.78. The van der Waals surface area contributed by atoms with E-state index in [2.05, 4.69) is 22.2 Å². The standard InChI is InChI=1S/C23H24N2O3S/c1-18-13-15-20(16-14-18)29(27,28)25-22-12-6-5-11-21(22)23(26)24-17-7-10-19-8-3-2-4-9-19/h2-6,8-9,11-16,25H,7,10,17H2,1H3,(H,24,26). The molecule has 0 radical (unpaired) electrons.